The zero-order chi connectivity index (χ0) is 108. The van der Waals surface area contributed by atoms with E-state index in [2.05, 4.69) is 334 Å². The first-order chi connectivity index (χ1) is 63.7. The summed E-state index contributed by atoms with van der Waals surface area (Å²) in [4.78, 5) is 0. The molecule has 838 valence electrons. The standard InChI is InChI=1S/C19H42N.C18H40N.2C16H36N.C14H32N.C13H30N.C9H22N.C8H20N.C8H18N.C6H14N/c1-5-8-11-14-17-20(4,18-15-12-9-6-2)19-16-13-10-7-3;1-5-7-9-11-13-15-17-19(3,4)18-16-14-12-10-8-6-2;1-14(2)8-11-17(7,12-9-15(3)4)13-10-16(5)6;1-5-8-11-14-17(4,15-12-9-6-2)16-13-10-7-3;1-5-7-9-11-13-15(3,4)14-12-10-8-6-2;1-11(2)8-14(7,9-12(3)4)10-13(5)6;1-9(2,3)7-8-10(4,5)6;1-5-7-9(3,4)8-6-2;1-5-8-9(4,6-2)7-3;1-5-6-7(2,3)4/h5-19H2,1-4H3;5-18H2,1-4H3;14-16H,8-13H2,1-7H3;5-16H2,1-4H3;5-14H2,1-4H3;11-13H,8-10H2,1-7H3;7-8H2,1-6H3;5-8H2,1-4H3;5H,1,6-8H2,2-4H3;5H,1,6H2,2-4H3/q10*+1. The number of unbranched alkanes of at least 4 members (excludes halogenated alkanes) is 31. The monoisotopic (exact) mass is 1960 g/mol. The highest BCUT2D eigenvalue weighted by atomic mass is 15.4. The van der Waals surface area contributed by atoms with Gasteiger partial charge in [-0.3, -0.25) is 0 Å². The Labute approximate surface area is 878 Å². The molecular formula is C127H290N10+10. The van der Waals surface area contributed by atoms with E-state index in [-0.39, 0.29) is 0 Å². The predicted molar refractivity (Wildman–Crippen MR) is 641 cm³/mol. The van der Waals surface area contributed by atoms with Crippen LogP contribution >= 0.6 is 0 Å². The Hall–Kier alpha value is -0.920. The minimum absolute atomic E-state index is 0.492. The highest BCUT2D eigenvalue weighted by Gasteiger charge is 2.28. The molecule has 0 aliphatic carbocycles. The molecule has 0 aliphatic heterocycles. The Morgan fingerprint density at radius 3 is 0.540 bits per heavy atom. The van der Waals surface area contributed by atoms with Crippen LogP contribution in [0.4, 0.5) is 0 Å². The van der Waals surface area contributed by atoms with Crippen LogP contribution in [0.25, 0.3) is 0 Å². The molecule has 0 N–H and O–H groups in total. The van der Waals surface area contributed by atoms with Gasteiger partial charge < -0.3 is 44.8 Å². The topological polar surface area (TPSA) is 0 Å². The second-order valence-electron chi connectivity index (χ2n) is 53.2. The summed E-state index contributed by atoms with van der Waals surface area (Å²) in [5, 5.41) is 0. The van der Waals surface area contributed by atoms with Gasteiger partial charge in [-0.05, 0) is 210 Å². The maximum Gasteiger partial charge on any atom is 0.0968 e. The summed E-state index contributed by atoms with van der Waals surface area (Å²) in [6.07, 6.45) is 69.7. The molecule has 0 heterocycles. The summed E-state index contributed by atoms with van der Waals surface area (Å²) in [5.41, 5.74) is 0.492. The molecule has 137 heavy (non-hydrogen) atoms. The van der Waals surface area contributed by atoms with Gasteiger partial charge in [0.1, 0.15) is 0 Å². The minimum Gasteiger partial charge on any atom is -0.331 e. The fourth-order valence-corrected chi connectivity index (χ4v) is 18.5. The van der Waals surface area contributed by atoms with Gasteiger partial charge in [-0.2, -0.15) is 0 Å². The van der Waals surface area contributed by atoms with Crippen molar-refractivity contribution in [3.05, 3.63) is 25.3 Å². The van der Waals surface area contributed by atoms with Crippen molar-refractivity contribution in [3.8, 4) is 0 Å². The van der Waals surface area contributed by atoms with Crippen LogP contribution in [0.1, 0.15) is 503 Å². The Bertz CT molecular complexity index is 2150. The molecule has 0 spiro atoms. The lowest BCUT2D eigenvalue weighted by molar-refractivity contribution is -0.917. The van der Waals surface area contributed by atoms with E-state index in [0.717, 1.165) is 62.0 Å². The number of rotatable bonds is 78. The number of likely N-dealkylation sites (N-methyl/N-ethyl adjacent to an activating group) is 2. The van der Waals surface area contributed by atoms with Gasteiger partial charge >= 0.3 is 0 Å². The quantitative estimate of drug-likeness (QED) is 0.0323. The van der Waals surface area contributed by atoms with Gasteiger partial charge in [-0.15, -0.1) is 0 Å². The van der Waals surface area contributed by atoms with E-state index >= 15 is 0 Å². The second kappa shape index (κ2) is 101. The van der Waals surface area contributed by atoms with E-state index in [1.165, 1.54) is 471 Å². The van der Waals surface area contributed by atoms with Gasteiger partial charge in [0.15, 0.2) is 0 Å². The molecule has 0 aliphatic rings. The fraction of sp³-hybridized carbons (Fsp3) is 0.969. The molecule has 0 rings (SSSR count). The number of hydrogen-bond donors (Lipinski definition) is 0. The molecule has 0 saturated heterocycles. The number of quaternary nitrogens is 10. The summed E-state index contributed by atoms with van der Waals surface area (Å²) in [6.45, 7) is 105. The predicted octanol–water partition coefficient (Wildman–Crippen LogP) is 35.7. The third kappa shape index (κ3) is 137. The van der Waals surface area contributed by atoms with Crippen LogP contribution in [-0.4, -0.2) is 315 Å². The summed E-state index contributed by atoms with van der Waals surface area (Å²) < 4.78 is 12.0. The Morgan fingerprint density at radius 1 is 0.190 bits per heavy atom. The first-order valence-electron chi connectivity index (χ1n) is 61.1. The van der Waals surface area contributed by atoms with Crippen molar-refractivity contribution in [1.82, 2.24) is 0 Å². The van der Waals surface area contributed by atoms with Crippen molar-refractivity contribution < 1.29 is 44.8 Å². The van der Waals surface area contributed by atoms with Crippen molar-refractivity contribution in [2.45, 2.75) is 503 Å². The zero-order valence-electron chi connectivity index (χ0n) is 107. The Balaban J connectivity index is -0.000000166. The summed E-state index contributed by atoms with van der Waals surface area (Å²) in [6, 6.07) is 0. The second-order valence-corrected chi connectivity index (χ2v) is 53.2. The molecule has 0 fully saturated rings. The van der Waals surface area contributed by atoms with Crippen molar-refractivity contribution in [2.75, 3.05) is 270 Å². The molecule has 10 nitrogen and oxygen atoms in total. The maximum atomic E-state index is 3.73. The summed E-state index contributed by atoms with van der Waals surface area (Å²) >= 11 is 0. The maximum absolute atomic E-state index is 3.73. The van der Waals surface area contributed by atoms with Crippen LogP contribution in [-0.2, 0) is 0 Å². The first kappa shape index (κ1) is 156. The van der Waals surface area contributed by atoms with Crippen LogP contribution in [0.5, 0.6) is 0 Å². The third-order valence-electron chi connectivity index (χ3n) is 28.1. The fourth-order valence-electron chi connectivity index (χ4n) is 18.5. The Morgan fingerprint density at radius 2 is 0.380 bits per heavy atom. The van der Waals surface area contributed by atoms with Crippen molar-refractivity contribution in [3.63, 3.8) is 0 Å². The molecule has 0 atom stereocenters. The van der Waals surface area contributed by atoms with Crippen molar-refractivity contribution >= 4 is 0 Å². The molecule has 0 saturated carbocycles. The summed E-state index contributed by atoms with van der Waals surface area (Å²) in [5.74, 6) is 4.93. The van der Waals surface area contributed by atoms with E-state index in [9.17, 15) is 0 Å². The van der Waals surface area contributed by atoms with Crippen LogP contribution in [0.15, 0.2) is 25.3 Å². The van der Waals surface area contributed by atoms with E-state index in [0.29, 0.717) is 5.41 Å². The first-order valence-corrected chi connectivity index (χ1v) is 61.1. The van der Waals surface area contributed by atoms with Gasteiger partial charge in [0.2, 0.25) is 0 Å². The van der Waals surface area contributed by atoms with Gasteiger partial charge in [-0.25, -0.2) is 0 Å². The average Bonchev–Trinajstić information content (AvgIpc) is 0.869. The molecule has 0 amide bonds. The Kier molecular flexibility index (Phi) is 115. The third-order valence-corrected chi connectivity index (χ3v) is 28.1. The lowest BCUT2D eigenvalue weighted by Gasteiger charge is -2.39. The van der Waals surface area contributed by atoms with Crippen LogP contribution in [0.3, 0.4) is 0 Å². The largest absolute Gasteiger partial charge is 0.331 e. The molecule has 0 aromatic rings. The lowest BCUT2D eigenvalue weighted by atomic mass is 9.92. The minimum atomic E-state index is 0.492. The van der Waals surface area contributed by atoms with Crippen LogP contribution < -0.4 is 0 Å². The van der Waals surface area contributed by atoms with E-state index in [1.54, 1.807) is 0 Å². The van der Waals surface area contributed by atoms with Crippen molar-refractivity contribution in [1.29, 1.82) is 0 Å². The van der Waals surface area contributed by atoms with E-state index < -0.39 is 0 Å². The molecule has 10 heteroatoms. The van der Waals surface area contributed by atoms with E-state index in [4.69, 9.17) is 0 Å². The molecule has 0 aromatic carbocycles. The van der Waals surface area contributed by atoms with Gasteiger partial charge in [0.05, 0.1) is 270 Å². The molecule has 0 bridgehead atoms. The summed E-state index contributed by atoms with van der Waals surface area (Å²) in [7, 11) is 39.5. The highest BCUT2D eigenvalue weighted by molar-refractivity contribution is 4.66. The highest BCUT2D eigenvalue weighted by Crippen LogP contribution is 2.23. The van der Waals surface area contributed by atoms with Gasteiger partial charge in [0, 0.05) is 24.2 Å². The average molecular weight is 1960 g/mol. The molecule has 0 radical (unpaired) electrons. The normalized spacial score (nSPS) is 12.3. The van der Waals surface area contributed by atoms with E-state index in [1.807, 2.05) is 12.2 Å². The van der Waals surface area contributed by atoms with Gasteiger partial charge in [-0.1, -0.05) is 335 Å². The molecule has 0 aromatic heterocycles. The SMILES string of the molecule is C=CC[N+](C)(C)C.C=CC[N+](C)(CC)CC.CC(C)(C)CC[N+](C)(C)C.CC(C)CC[N+](C)(CCC(C)C)CCC(C)C.CC(C)C[N+](C)(CC(C)C)CC(C)C.CCCCCCCC[N+](C)(C)CCCCCCCC.CCCCCC[N+](C)(C)CCCCCC.CCCCCC[N+](C)(CCCCCC)CCCCCC.CCCCC[N+](C)(CCCCC)CCCCC.CCC[N+](C)(C)CCC. The van der Waals surface area contributed by atoms with Crippen LogP contribution in [0, 0.1) is 40.9 Å². The molecule has 0 unspecified atom stereocenters. The zero-order valence-corrected chi connectivity index (χ0v) is 107. The smallest absolute Gasteiger partial charge is 0.0968 e. The van der Waals surface area contributed by atoms with Crippen LogP contribution in [0.2, 0.25) is 0 Å². The van der Waals surface area contributed by atoms with Gasteiger partial charge in [0.25, 0.3) is 0 Å². The number of hydrogen-bond acceptors (Lipinski definition) is 0. The molecular weight excluding hydrogens is 1670 g/mol. The van der Waals surface area contributed by atoms with Crippen molar-refractivity contribution in [2.24, 2.45) is 40.9 Å². The lowest BCUT2D eigenvalue weighted by Crippen LogP contribution is -2.50. The number of nitrogens with zero attached hydrogens (tertiary/aromatic N) is 10.